The van der Waals surface area contributed by atoms with Gasteiger partial charge in [-0.05, 0) is 43.3 Å². The van der Waals surface area contributed by atoms with Crippen molar-refractivity contribution in [3.05, 3.63) is 54.1 Å². The fourth-order valence-electron chi connectivity index (χ4n) is 3.00. The number of rotatable bonds is 5. The standard InChI is InChI=1S/C20H19N5O3/c1-12-3-7-14(8-4-12)21-17(26)11-16-19(27)23-20-22-18(24-25(16)20)13-5-9-15(28-2)10-6-13/h3-10,16H,11H2,1-2H3,(H,21,26)(H,22,23,24,27)/t16-/m0/s1. The first-order chi connectivity index (χ1) is 13.5. The van der Waals surface area contributed by atoms with Gasteiger partial charge >= 0.3 is 0 Å². The summed E-state index contributed by atoms with van der Waals surface area (Å²) < 4.78 is 6.62. The van der Waals surface area contributed by atoms with Gasteiger partial charge in [-0.25, -0.2) is 4.68 Å². The molecule has 0 unspecified atom stereocenters. The number of methoxy groups -OCH3 is 1. The predicted octanol–water partition coefficient (Wildman–Crippen LogP) is 2.78. The van der Waals surface area contributed by atoms with Crippen molar-refractivity contribution in [2.75, 3.05) is 17.7 Å². The number of hydrogen-bond donors (Lipinski definition) is 2. The minimum Gasteiger partial charge on any atom is -0.497 e. The van der Waals surface area contributed by atoms with Crippen LogP contribution in [0.4, 0.5) is 11.6 Å². The summed E-state index contributed by atoms with van der Waals surface area (Å²) in [5.74, 6) is 0.980. The zero-order chi connectivity index (χ0) is 19.7. The molecular formula is C20H19N5O3. The third-order valence-electron chi connectivity index (χ3n) is 4.53. The molecule has 0 aliphatic carbocycles. The molecular weight excluding hydrogens is 358 g/mol. The lowest BCUT2D eigenvalue weighted by Crippen LogP contribution is -2.23. The van der Waals surface area contributed by atoms with Crippen molar-refractivity contribution >= 4 is 23.5 Å². The summed E-state index contributed by atoms with van der Waals surface area (Å²) in [7, 11) is 1.60. The van der Waals surface area contributed by atoms with Crippen LogP contribution in [0.2, 0.25) is 0 Å². The van der Waals surface area contributed by atoms with Crippen molar-refractivity contribution in [2.45, 2.75) is 19.4 Å². The SMILES string of the molecule is COc1ccc(-c2nc3n(n2)[C@@H](CC(=O)Nc2ccc(C)cc2)C(=O)N3)cc1. The summed E-state index contributed by atoms with van der Waals surface area (Å²) in [6.07, 6.45) is -0.0296. The second-order valence-corrected chi connectivity index (χ2v) is 6.56. The number of anilines is 2. The second-order valence-electron chi connectivity index (χ2n) is 6.56. The van der Waals surface area contributed by atoms with E-state index in [0.717, 1.165) is 16.9 Å². The zero-order valence-electron chi connectivity index (χ0n) is 15.5. The molecule has 28 heavy (non-hydrogen) atoms. The highest BCUT2D eigenvalue weighted by Crippen LogP contribution is 2.29. The van der Waals surface area contributed by atoms with Crippen LogP contribution in [-0.2, 0) is 9.59 Å². The van der Waals surface area contributed by atoms with E-state index in [9.17, 15) is 9.59 Å². The number of ether oxygens (including phenoxy) is 1. The Hall–Kier alpha value is -3.68. The summed E-state index contributed by atoms with van der Waals surface area (Å²) in [5.41, 5.74) is 2.58. The van der Waals surface area contributed by atoms with Crippen molar-refractivity contribution in [3.63, 3.8) is 0 Å². The lowest BCUT2D eigenvalue weighted by Gasteiger charge is -2.10. The number of aromatic nitrogens is 3. The van der Waals surface area contributed by atoms with Gasteiger partial charge in [0.1, 0.15) is 11.8 Å². The molecule has 1 aliphatic heterocycles. The van der Waals surface area contributed by atoms with Gasteiger partial charge in [0.15, 0.2) is 5.82 Å². The van der Waals surface area contributed by atoms with E-state index in [1.807, 2.05) is 55.5 Å². The first kappa shape index (κ1) is 17.7. The maximum Gasteiger partial charge on any atom is 0.252 e. The fourth-order valence-corrected chi connectivity index (χ4v) is 3.00. The van der Waals surface area contributed by atoms with Crippen molar-refractivity contribution < 1.29 is 14.3 Å². The summed E-state index contributed by atoms with van der Waals surface area (Å²) in [6, 6.07) is 14.0. The molecule has 0 saturated carbocycles. The fraction of sp³-hybridized carbons (Fsp3) is 0.200. The number of aryl methyl sites for hydroxylation is 1. The molecule has 2 heterocycles. The van der Waals surface area contributed by atoms with Crippen LogP contribution in [0.1, 0.15) is 18.0 Å². The molecule has 142 valence electrons. The molecule has 0 fully saturated rings. The number of benzene rings is 2. The van der Waals surface area contributed by atoms with Gasteiger partial charge in [0.25, 0.3) is 5.91 Å². The van der Waals surface area contributed by atoms with Gasteiger partial charge in [-0.3, -0.25) is 14.9 Å². The van der Waals surface area contributed by atoms with Gasteiger partial charge < -0.3 is 10.1 Å². The Morgan fingerprint density at radius 1 is 1.18 bits per heavy atom. The van der Waals surface area contributed by atoms with Crippen molar-refractivity contribution in [3.8, 4) is 17.1 Å². The topological polar surface area (TPSA) is 98.1 Å². The Balaban J connectivity index is 1.50. The van der Waals surface area contributed by atoms with E-state index >= 15 is 0 Å². The van der Waals surface area contributed by atoms with Gasteiger partial charge in [-0.15, -0.1) is 5.10 Å². The first-order valence-corrected chi connectivity index (χ1v) is 8.82. The van der Waals surface area contributed by atoms with Crippen LogP contribution in [0.15, 0.2) is 48.5 Å². The highest BCUT2D eigenvalue weighted by molar-refractivity contribution is 6.01. The van der Waals surface area contributed by atoms with Crippen molar-refractivity contribution in [2.24, 2.45) is 0 Å². The van der Waals surface area contributed by atoms with Crippen LogP contribution in [0.5, 0.6) is 5.75 Å². The minimum absolute atomic E-state index is 0.0296. The molecule has 4 rings (SSSR count). The predicted molar refractivity (Wildman–Crippen MR) is 104 cm³/mol. The summed E-state index contributed by atoms with van der Waals surface area (Å²) in [5, 5.41) is 9.91. The lowest BCUT2D eigenvalue weighted by atomic mass is 10.2. The van der Waals surface area contributed by atoms with Crippen LogP contribution in [0.25, 0.3) is 11.4 Å². The van der Waals surface area contributed by atoms with Gasteiger partial charge in [-0.2, -0.15) is 4.98 Å². The number of nitrogens with one attached hydrogen (secondary N) is 2. The summed E-state index contributed by atoms with van der Waals surface area (Å²) in [6.45, 7) is 1.97. The van der Waals surface area contributed by atoms with Crippen LogP contribution in [-0.4, -0.2) is 33.7 Å². The normalized spacial score (nSPS) is 15.1. The molecule has 1 aromatic heterocycles. The maximum absolute atomic E-state index is 12.4. The number of hydrogen-bond acceptors (Lipinski definition) is 5. The highest BCUT2D eigenvalue weighted by atomic mass is 16.5. The Kier molecular flexibility index (Phi) is 4.52. The molecule has 0 saturated heterocycles. The molecule has 1 aliphatic rings. The van der Waals surface area contributed by atoms with E-state index in [1.165, 1.54) is 4.68 Å². The van der Waals surface area contributed by atoms with E-state index in [-0.39, 0.29) is 18.2 Å². The molecule has 3 aromatic rings. The molecule has 0 spiro atoms. The molecule has 8 nitrogen and oxygen atoms in total. The van der Waals surface area contributed by atoms with E-state index in [2.05, 4.69) is 20.7 Å². The monoisotopic (exact) mass is 377 g/mol. The lowest BCUT2D eigenvalue weighted by molar-refractivity contribution is -0.123. The molecule has 0 bridgehead atoms. The van der Waals surface area contributed by atoms with Gasteiger partial charge in [0.05, 0.1) is 13.5 Å². The van der Waals surface area contributed by atoms with E-state index in [0.29, 0.717) is 17.5 Å². The number of nitrogens with zero attached hydrogens (tertiary/aromatic N) is 3. The van der Waals surface area contributed by atoms with Crippen LogP contribution in [0, 0.1) is 6.92 Å². The summed E-state index contributed by atoms with van der Waals surface area (Å²) in [4.78, 5) is 29.0. The van der Waals surface area contributed by atoms with Crippen molar-refractivity contribution in [1.82, 2.24) is 14.8 Å². The number of carbonyl (C=O) groups excluding carboxylic acids is 2. The Morgan fingerprint density at radius 3 is 2.57 bits per heavy atom. The second kappa shape index (κ2) is 7.15. The average molecular weight is 377 g/mol. The van der Waals surface area contributed by atoms with E-state index in [1.54, 1.807) is 7.11 Å². The largest absolute Gasteiger partial charge is 0.497 e. The smallest absolute Gasteiger partial charge is 0.252 e. The van der Waals surface area contributed by atoms with Gasteiger partial charge in [0.2, 0.25) is 11.9 Å². The van der Waals surface area contributed by atoms with Crippen LogP contribution >= 0.6 is 0 Å². The number of fused-ring (bicyclic) bond motifs is 1. The highest BCUT2D eigenvalue weighted by Gasteiger charge is 2.35. The maximum atomic E-state index is 12.4. The minimum atomic E-state index is -0.736. The molecule has 2 aromatic carbocycles. The van der Waals surface area contributed by atoms with Crippen molar-refractivity contribution in [1.29, 1.82) is 0 Å². The number of amides is 2. The molecule has 2 amide bonds. The third kappa shape index (κ3) is 3.44. The zero-order valence-corrected chi connectivity index (χ0v) is 15.5. The Bertz CT molecular complexity index is 1020. The number of carbonyl (C=O) groups is 2. The Morgan fingerprint density at radius 2 is 1.89 bits per heavy atom. The Labute approximate surface area is 161 Å². The summed E-state index contributed by atoms with van der Waals surface area (Å²) >= 11 is 0. The molecule has 1 atom stereocenters. The van der Waals surface area contributed by atoms with Crippen LogP contribution in [0.3, 0.4) is 0 Å². The molecule has 8 heteroatoms. The first-order valence-electron chi connectivity index (χ1n) is 8.82. The van der Waals surface area contributed by atoms with Gasteiger partial charge in [0, 0.05) is 11.3 Å². The van der Waals surface area contributed by atoms with Crippen LogP contribution < -0.4 is 15.4 Å². The molecule has 0 radical (unpaired) electrons. The van der Waals surface area contributed by atoms with E-state index < -0.39 is 6.04 Å². The average Bonchev–Trinajstić information content (AvgIpc) is 3.22. The van der Waals surface area contributed by atoms with Gasteiger partial charge in [-0.1, -0.05) is 17.7 Å². The van der Waals surface area contributed by atoms with E-state index in [4.69, 9.17) is 4.74 Å². The molecule has 2 N–H and O–H groups in total. The third-order valence-corrected chi connectivity index (χ3v) is 4.53. The quantitative estimate of drug-likeness (QED) is 0.712.